The van der Waals surface area contributed by atoms with Gasteiger partial charge in [0.15, 0.2) is 0 Å². The predicted molar refractivity (Wildman–Crippen MR) is 68.9 cm³/mol. The van der Waals surface area contributed by atoms with Crippen LogP contribution < -0.4 is 5.32 Å². The first kappa shape index (κ1) is 12.2. The van der Waals surface area contributed by atoms with Crippen LogP contribution in [0.2, 0.25) is 0 Å². The Morgan fingerprint density at radius 1 is 1.50 bits per heavy atom. The first-order valence-electron chi connectivity index (χ1n) is 5.70. The van der Waals surface area contributed by atoms with Gasteiger partial charge in [0.05, 0.1) is 11.9 Å². The summed E-state index contributed by atoms with van der Waals surface area (Å²) in [5, 5.41) is 12.2. The second-order valence-electron chi connectivity index (χ2n) is 4.08. The number of anilines is 1. The molecule has 1 aromatic carbocycles. The number of rotatable bonds is 5. The third-order valence-electron chi connectivity index (χ3n) is 2.65. The average molecular weight is 245 g/mol. The van der Waals surface area contributed by atoms with Crippen molar-refractivity contribution in [3.63, 3.8) is 0 Å². The van der Waals surface area contributed by atoms with Gasteiger partial charge in [-0.1, -0.05) is 6.07 Å². The molecule has 0 aliphatic heterocycles. The first-order valence-corrected chi connectivity index (χ1v) is 5.70. The van der Waals surface area contributed by atoms with E-state index in [1.165, 1.54) is 0 Å². The summed E-state index contributed by atoms with van der Waals surface area (Å²) in [7, 11) is 0. The molecule has 0 amide bonds. The van der Waals surface area contributed by atoms with E-state index >= 15 is 0 Å². The largest absolute Gasteiger partial charge is 0.478 e. The van der Waals surface area contributed by atoms with Crippen molar-refractivity contribution in [2.75, 3.05) is 11.9 Å². The van der Waals surface area contributed by atoms with Crippen LogP contribution in [0.3, 0.4) is 0 Å². The number of nitrogens with one attached hydrogen (secondary N) is 1. The number of carboxylic acid groups (broad SMARTS) is 1. The van der Waals surface area contributed by atoms with Gasteiger partial charge in [-0.25, -0.2) is 9.78 Å². The molecule has 0 bridgehead atoms. The molecule has 94 valence electrons. The highest BCUT2D eigenvalue weighted by Crippen LogP contribution is 2.17. The Morgan fingerprint density at radius 3 is 3.00 bits per heavy atom. The zero-order valence-electron chi connectivity index (χ0n) is 10.1. The molecule has 5 nitrogen and oxygen atoms in total. The highest BCUT2D eigenvalue weighted by atomic mass is 16.4. The maximum atomic E-state index is 11.1. The molecule has 2 rings (SSSR count). The van der Waals surface area contributed by atoms with E-state index < -0.39 is 5.97 Å². The third-order valence-corrected chi connectivity index (χ3v) is 2.65. The molecule has 0 aliphatic rings. The van der Waals surface area contributed by atoms with E-state index in [0.717, 1.165) is 12.1 Å². The van der Waals surface area contributed by atoms with Gasteiger partial charge in [-0.3, -0.25) is 0 Å². The highest BCUT2D eigenvalue weighted by molar-refractivity contribution is 5.94. The van der Waals surface area contributed by atoms with Crippen molar-refractivity contribution in [3.8, 4) is 0 Å². The summed E-state index contributed by atoms with van der Waals surface area (Å²) in [6, 6.07) is 5.26. The normalized spacial score (nSPS) is 10.3. The Balaban J connectivity index is 2.03. The smallest absolute Gasteiger partial charge is 0.337 e. The van der Waals surface area contributed by atoms with Crippen molar-refractivity contribution in [2.45, 2.75) is 13.5 Å². The van der Waals surface area contributed by atoms with E-state index in [-0.39, 0.29) is 0 Å². The van der Waals surface area contributed by atoms with Crippen molar-refractivity contribution >= 4 is 11.7 Å². The van der Waals surface area contributed by atoms with Crippen LogP contribution in [0, 0.1) is 6.92 Å². The summed E-state index contributed by atoms with van der Waals surface area (Å²) >= 11 is 0. The maximum Gasteiger partial charge on any atom is 0.337 e. The van der Waals surface area contributed by atoms with Crippen LogP contribution in [0.1, 0.15) is 15.9 Å². The van der Waals surface area contributed by atoms with Gasteiger partial charge in [-0.15, -0.1) is 0 Å². The SMILES string of the molecule is Cc1ccc(C(=O)O)c(NCCn2ccnc2)c1. The minimum atomic E-state index is -0.917. The maximum absolute atomic E-state index is 11.1. The average Bonchev–Trinajstić information content (AvgIpc) is 2.82. The number of aromatic nitrogens is 2. The molecule has 2 aromatic rings. The summed E-state index contributed by atoms with van der Waals surface area (Å²) in [6.07, 6.45) is 5.32. The Morgan fingerprint density at radius 2 is 2.33 bits per heavy atom. The van der Waals surface area contributed by atoms with Crippen LogP contribution in [-0.2, 0) is 6.54 Å². The van der Waals surface area contributed by atoms with Crippen molar-refractivity contribution < 1.29 is 9.90 Å². The monoisotopic (exact) mass is 245 g/mol. The summed E-state index contributed by atoms with van der Waals surface area (Å²) in [6.45, 7) is 3.33. The fourth-order valence-electron chi connectivity index (χ4n) is 1.73. The number of nitrogens with zero attached hydrogens (tertiary/aromatic N) is 2. The Hall–Kier alpha value is -2.30. The van der Waals surface area contributed by atoms with Crippen molar-refractivity contribution in [1.82, 2.24) is 9.55 Å². The molecule has 0 aliphatic carbocycles. The van der Waals surface area contributed by atoms with Crippen LogP contribution in [-0.4, -0.2) is 27.2 Å². The lowest BCUT2D eigenvalue weighted by Crippen LogP contribution is -2.12. The lowest BCUT2D eigenvalue weighted by Gasteiger charge is -2.10. The van der Waals surface area contributed by atoms with Gasteiger partial charge in [-0.05, 0) is 24.6 Å². The molecule has 18 heavy (non-hydrogen) atoms. The van der Waals surface area contributed by atoms with E-state index in [1.807, 2.05) is 23.8 Å². The Labute approximate surface area is 105 Å². The Bertz CT molecular complexity index is 535. The van der Waals surface area contributed by atoms with E-state index in [4.69, 9.17) is 5.11 Å². The number of carbonyl (C=O) groups is 1. The van der Waals surface area contributed by atoms with Gasteiger partial charge in [0.25, 0.3) is 0 Å². The van der Waals surface area contributed by atoms with Gasteiger partial charge in [0.1, 0.15) is 0 Å². The van der Waals surface area contributed by atoms with E-state index in [1.54, 1.807) is 24.7 Å². The van der Waals surface area contributed by atoms with Gasteiger partial charge < -0.3 is 15.0 Å². The standard InChI is InChI=1S/C13H15N3O2/c1-10-2-3-11(13(17)18)12(8-10)15-5-7-16-6-4-14-9-16/h2-4,6,8-9,15H,5,7H2,1H3,(H,17,18). The molecule has 0 saturated carbocycles. The second-order valence-corrected chi connectivity index (χ2v) is 4.08. The number of carboxylic acids is 1. The fourth-order valence-corrected chi connectivity index (χ4v) is 1.73. The molecule has 0 fully saturated rings. The number of hydrogen-bond donors (Lipinski definition) is 2. The van der Waals surface area contributed by atoms with Gasteiger partial charge >= 0.3 is 5.97 Å². The zero-order valence-corrected chi connectivity index (χ0v) is 10.1. The number of benzene rings is 1. The van der Waals surface area contributed by atoms with Crippen LogP contribution in [0.25, 0.3) is 0 Å². The van der Waals surface area contributed by atoms with Crippen LogP contribution >= 0.6 is 0 Å². The van der Waals surface area contributed by atoms with Crippen molar-refractivity contribution in [2.24, 2.45) is 0 Å². The molecular weight excluding hydrogens is 230 g/mol. The van der Waals surface area contributed by atoms with Gasteiger partial charge in [0.2, 0.25) is 0 Å². The summed E-state index contributed by atoms with van der Waals surface area (Å²) < 4.78 is 1.93. The van der Waals surface area contributed by atoms with Crippen molar-refractivity contribution in [3.05, 3.63) is 48.0 Å². The van der Waals surface area contributed by atoms with E-state index in [9.17, 15) is 4.79 Å². The molecule has 0 radical (unpaired) electrons. The lowest BCUT2D eigenvalue weighted by molar-refractivity contribution is 0.0698. The zero-order chi connectivity index (χ0) is 13.0. The minimum absolute atomic E-state index is 0.297. The van der Waals surface area contributed by atoms with E-state index in [2.05, 4.69) is 10.3 Å². The molecular formula is C13H15N3O2. The topological polar surface area (TPSA) is 67.2 Å². The van der Waals surface area contributed by atoms with Crippen molar-refractivity contribution in [1.29, 1.82) is 0 Å². The molecule has 0 atom stereocenters. The fraction of sp³-hybridized carbons (Fsp3) is 0.231. The van der Waals surface area contributed by atoms with E-state index in [0.29, 0.717) is 17.8 Å². The summed E-state index contributed by atoms with van der Waals surface area (Å²) in [4.78, 5) is 15.0. The molecule has 1 heterocycles. The molecule has 5 heteroatoms. The predicted octanol–water partition coefficient (Wildman–Crippen LogP) is 2.00. The first-order chi connectivity index (χ1) is 8.66. The molecule has 0 saturated heterocycles. The quantitative estimate of drug-likeness (QED) is 0.845. The number of aromatic carboxylic acids is 1. The van der Waals surface area contributed by atoms with Gasteiger partial charge in [-0.2, -0.15) is 0 Å². The van der Waals surface area contributed by atoms with Crippen LogP contribution in [0.5, 0.6) is 0 Å². The highest BCUT2D eigenvalue weighted by Gasteiger charge is 2.09. The molecule has 1 aromatic heterocycles. The number of imidazole rings is 1. The summed E-state index contributed by atoms with van der Waals surface area (Å²) in [5.41, 5.74) is 1.99. The summed E-state index contributed by atoms with van der Waals surface area (Å²) in [5.74, 6) is -0.917. The van der Waals surface area contributed by atoms with Crippen LogP contribution in [0.15, 0.2) is 36.9 Å². The second kappa shape index (κ2) is 5.35. The number of hydrogen-bond acceptors (Lipinski definition) is 3. The third kappa shape index (κ3) is 2.88. The lowest BCUT2D eigenvalue weighted by atomic mass is 10.1. The molecule has 2 N–H and O–H groups in total. The molecule has 0 unspecified atom stereocenters. The Kier molecular flexibility index (Phi) is 3.62. The number of aryl methyl sites for hydroxylation is 1. The minimum Gasteiger partial charge on any atom is -0.478 e. The molecule has 0 spiro atoms. The van der Waals surface area contributed by atoms with Crippen LogP contribution in [0.4, 0.5) is 5.69 Å². The van der Waals surface area contributed by atoms with Gasteiger partial charge in [0, 0.05) is 31.2 Å².